The van der Waals surface area contributed by atoms with Crippen molar-refractivity contribution in [2.24, 2.45) is 0 Å². The van der Waals surface area contributed by atoms with E-state index < -0.39 is 0 Å². The smallest absolute Gasteiger partial charge is 0.227 e. The Labute approximate surface area is 120 Å². The summed E-state index contributed by atoms with van der Waals surface area (Å²) in [7, 11) is 1.68. The monoisotopic (exact) mass is 331 g/mol. The van der Waals surface area contributed by atoms with Gasteiger partial charge in [0.25, 0.3) is 0 Å². The Bertz CT molecular complexity index is 453. The molecule has 1 aromatic carbocycles. The molecule has 1 unspecified atom stereocenters. The van der Waals surface area contributed by atoms with Crippen LogP contribution in [0.1, 0.15) is 12.0 Å². The number of methoxy groups -OCH3 is 1. The fourth-order valence-corrected chi connectivity index (χ4v) is 2.69. The molecule has 0 bridgehead atoms. The highest BCUT2D eigenvalue weighted by Crippen LogP contribution is 2.22. The number of carbonyl (C=O) groups is 1. The molecule has 1 saturated heterocycles. The van der Waals surface area contributed by atoms with Crippen molar-refractivity contribution in [3.63, 3.8) is 0 Å². The van der Waals surface area contributed by atoms with Crippen molar-refractivity contribution in [2.45, 2.75) is 18.9 Å². The third-order valence-electron chi connectivity index (χ3n) is 3.18. The predicted molar refractivity (Wildman–Crippen MR) is 74.9 cm³/mol. The van der Waals surface area contributed by atoms with Crippen LogP contribution < -0.4 is 0 Å². The van der Waals surface area contributed by atoms with Gasteiger partial charge in [0.2, 0.25) is 5.91 Å². The Balaban J connectivity index is 2.01. The summed E-state index contributed by atoms with van der Waals surface area (Å²) in [4.78, 5) is 14.0. The summed E-state index contributed by atoms with van der Waals surface area (Å²) < 4.78 is 6.19. The van der Waals surface area contributed by atoms with Crippen molar-refractivity contribution in [1.29, 1.82) is 0 Å². The first kappa shape index (κ1) is 13.8. The van der Waals surface area contributed by atoms with Crippen LogP contribution in [-0.4, -0.2) is 37.1 Å². The fourth-order valence-electron chi connectivity index (χ4n) is 2.10. The Morgan fingerprint density at radius 3 is 3.06 bits per heavy atom. The molecule has 98 valence electrons. The van der Waals surface area contributed by atoms with E-state index in [1.165, 1.54) is 0 Å². The normalized spacial score (nSPS) is 19.3. The van der Waals surface area contributed by atoms with Gasteiger partial charge < -0.3 is 9.64 Å². The second kappa shape index (κ2) is 6.04. The van der Waals surface area contributed by atoms with Gasteiger partial charge in [-0.2, -0.15) is 0 Å². The minimum absolute atomic E-state index is 0.106. The van der Waals surface area contributed by atoms with Gasteiger partial charge in [0.1, 0.15) is 0 Å². The van der Waals surface area contributed by atoms with E-state index in [1.807, 2.05) is 17.0 Å². The molecule has 3 nitrogen and oxygen atoms in total. The molecule has 1 heterocycles. The number of hydrogen-bond acceptors (Lipinski definition) is 2. The van der Waals surface area contributed by atoms with E-state index in [1.54, 1.807) is 13.2 Å². The quantitative estimate of drug-likeness (QED) is 0.852. The molecule has 1 aromatic rings. The molecule has 2 rings (SSSR count). The second-order valence-corrected chi connectivity index (χ2v) is 5.72. The van der Waals surface area contributed by atoms with Gasteiger partial charge >= 0.3 is 0 Å². The van der Waals surface area contributed by atoms with Crippen molar-refractivity contribution >= 4 is 33.4 Å². The van der Waals surface area contributed by atoms with Gasteiger partial charge in [0.15, 0.2) is 0 Å². The van der Waals surface area contributed by atoms with Gasteiger partial charge in [-0.25, -0.2) is 0 Å². The molecule has 0 saturated carbocycles. The summed E-state index contributed by atoms with van der Waals surface area (Å²) >= 11 is 9.47. The molecule has 18 heavy (non-hydrogen) atoms. The highest BCUT2D eigenvalue weighted by Gasteiger charge is 2.26. The van der Waals surface area contributed by atoms with Crippen LogP contribution in [0.25, 0.3) is 0 Å². The average molecular weight is 333 g/mol. The Morgan fingerprint density at radius 1 is 1.61 bits per heavy atom. The summed E-state index contributed by atoms with van der Waals surface area (Å²) in [5, 5.41) is 0.633. The van der Waals surface area contributed by atoms with Crippen LogP contribution in [0.15, 0.2) is 22.7 Å². The molecular formula is C13H15BrClNO2. The van der Waals surface area contributed by atoms with E-state index in [2.05, 4.69) is 15.9 Å². The van der Waals surface area contributed by atoms with Crippen molar-refractivity contribution in [2.75, 3.05) is 20.2 Å². The van der Waals surface area contributed by atoms with Crippen molar-refractivity contribution in [3.05, 3.63) is 33.3 Å². The van der Waals surface area contributed by atoms with Crippen LogP contribution in [0.2, 0.25) is 5.02 Å². The van der Waals surface area contributed by atoms with Crippen molar-refractivity contribution < 1.29 is 9.53 Å². The van der Waals surface area contributed by atoms with Crippen LogP contribution in [-0.2, 0) is 16.0 Å². The number of hydrogen-bond donors (Lipinski definition) is 0. The number of ether oxygens (including phenoxy) is 1. The molecule has 0 aromatic heterocycles. The maximum atomic E-state index is 12.1. The van der Waals surface area contributed by atoms with Crippen LogP contribution in [0, 0.1) is 0 Å². The first-order valence-electron chi connectivity index (χ1n) is 5.84. The van der Waals surface area contributed by atoms with E-state index in [9.17, 15) is 4.79 Å². The molecule has 0 aliphatic carbocycles. The molecule has 0 spiro atoms. The number of benzene rings is 1. The molecule has 1 atom stereocenters. The largest absolute Gasteiger partial charge is 0.380 e. The highest BCUT2D eigenvalue weighted by atomic mass is 79.9. The van der Waals surface area contributed by atoms with Crippen LogP contribution in [0.5, 0.6) is 0 Å². The van der Waals surface area contributed by atoms with Gasteiger partial charge in [-0.1, -0.05) is 27.5 Å². The van der Waals surface area contributed by atoms with Crippen LogP contribution in [0.3, 0.4) is 0 Å². The van der Waals surface area contributed by atoms with E-state index in [0.717, 1.165) is 23.0 Å². The summed E-state index contributed by atoms with van der Waals surface area (Å²) in [6.07, 6.45) is 1.43. The fraction of sp³-hybridized carbons (Fsp3) is 0.462. The van der Waals surface area contributed by atoms with Crippen LogP contribution >= 0.6 is 27.5 Å². The molecule has 5 heteroatoms. The molecular weight excluding hydrogens is 318 g/mol. The molecule has 1 fully saturated rings. The molecule has 1 amide bonds. The van der Waals surface area contributed by atoms with Crippen molar-refractivity contribution in [3.8, 4) is 0 Å². The average Bonchev–Trinajstić information content (AvgIpc) is 2.82. The maximum absolute atomic E-state index is 12.1. The molecule has 0 N–H and O–H groups in total. The highest BCUT2D eigenvalue weighted by molar-refractivity contribution is 9.10. The zero-order valence-electron chi connectivity index (χ0n) is 10.2. The number of amides is 1. The third kappa shape index (κ3) is 3.25. The first-order valence-corrected chi connectivity index (χ1v) is 7.01. The lowest BCUT2D eigenvalue weighted by atomic mass is 10.1. The first-order chi connectivity index (χ1) is 8.60. The third-order valence-corrected chi connectivity index (χ3v) is 4.04. The summed E-state index contributed by atoms with van der Waals surface area (Å²) in [5.41, 5.74) is 0.858. The summed E-state index contributed by atoms with van der Waals surface area (Å²) in [5.74, 6) is 0.106. The van der Waals surface area contributed by atoms with Crippen molar-refractivity contribution in [1.82, 2.24) is 4.90 Å². The number of rotatable bonds is 3. The van der Waals surface area contributed by atoms with Gasteiger partial charge in [-0.15, -0.1) is 0 Å². The van der Waals surface area contributed by atoms with E-state index >= 15 is 0 Å². The Hall–Kier alpha value is -0.580. The number of carbonyl (C=O) groups excluding carboxylic acids is 1. The Kier molecular flexibility index (Phi) is 4.65. The maximum Gasteiger partial charge on any atom is 0.227 e. The molecule has 0 radical (unpaired) electrons. The summed E-state index contributed by atoms with van der Waals surface area (Å²) in [6.45, 7) is 1.45. The molecule has 1 aliphatic rings. The van der Waals surface area contributed by atoms with E-state index in [0.29, 0.717) is 18.0 Å². The minimum Gasteiger partial charge on any atom is -0.380 e. The second-order valence-electron chi connectivity index (χ2n) is 4.40. The molecule has 1 aliphatic heterocycles. The van der Waals surface area contributed by atoms with Gasteiger partial charge in [0, 0.05) is 29.7 Å². The van der Waals surface area contributed by atoms with Gasteiger partial charge in [-0.05, 0) is 30.2 Å². The van der Waals surface area contributed by atoms with Crippen LogP contribution in [0.4, 0.5) is 0 Å². The zero-order chi connectivity index (χ0) is 13.1. The van der Waals surface area contributed by atoms with E-state index in [-0.39, 0.29) is 12.0 Å². The van der Waals surface area contributed by atoms with E-state index in [4.69, 9.17) is 16.3 Å². The number of halogens is 2. The lowest BCUT2D eigenvalue weighted by Gasteiger charge is -2.16. The predicted octanol–water partition coefficient (Wildman–Crippen LogP) is 2.89. The topological polar surface area (TPSA) is 29.5 Å². The zero-order valence-corrected chi connectivity index (χ0v) is 12.5. The van der Waals surface area contributed by atoms with Gasteiger partial charge in [0.05, 0.1) is 12.5 Å². The lowest BCUT2D eigenvalue weighted by molar-refractivity contribution is -0.129. The standard InChI is InChI=1S/C13H15BrClNO2/c1-18-11-4-5-16(8-11)13(17)7-9-6-10(14)2-3-12(9)15/h2-3,6,11H,4-5,7-8H2,1H3. The SMILES string of the molecule is COC1CCN(C(=O)Cc2cc(Br)ccc2Cl)C1. The summed E-state index contributed by atoms with van der Waals surface area (Å²) in [6, 6.07) is 5.56. The number of likely N-dealkylation sites (tertiary alicyclic amines) is 1. The Morgan fingerprint density at radius 2 is 2.39 bits per heavy atom. The lowest BCUT2D eigenvalue weighted by Crippen LogP contribution is -2.31. The van der Waals surface area contributed by atoms with Gasteiger partial charge in [-0.3, -0.25) is 4.79 Å². The minimum atomic E-state index is 0.106. The number of nitrogens with zero attached hydrogens (tertiary/aromatic N) is 1.